The molecular formula is C15H16N4O2. The highest BCUT2D eigenvalue weighted by Crippen LogP contribution is 2.26. The van der Waals surface area contributed by atoms with E-state index >= 15 is 0 Å². The van der Waals surface area contributed by atoms with Crippen molar-refractivity contribution in [1.29, 1.82) is 0 Å². The van der Waals surface area contributed by atoms with Gasteiger partial charge in [-0.3, -0.25) is 4.79 Å². The van der Waals surface area contributed by atoms with Crippen LogP contribution in [0.4, 0.5) is 5.82 Å². The van der Waals surface area contributed by atoms with Crippen LogP contribution in [0.3, 0.4) is 0 Å². The normalized spacial score (nSPS) is 11.2. The van der Waals surface area contributed by atoms with E-state index in [-0.39, 0.29) is 12.5 Å². The largest absolute Gasteiger partial charge is 0.375 e. The molecule has 2 aromatic heterocycles. The standard InChI is InChI=1S/C15H16N4O2/c1-9-5-4-6-10-7-11-14(16-12(20)8-21-3)18-19(2)15(11)17-13(9)10/h4-7H,8H2,1-3H3,(H,16,18,20). The van der Waals surface area contributed by atoms with Crippen molar-refractivity contribution in [1.82, 2.24) is 14.8 Å². The zero-order valence-electron chi connectivity index (χ0n) is 12.2. The average Bonchev–Trinajstić information content (AvgIpc) is 2.74. The van der Waals surface area contributed by atoms with Gasteiger partial charge in [-0.15, -0.1) is 0 Å². The van der Waals surface area contributed by atoms with E-state index < -0.39 is 0 Å². The molecule has 1 amide bonds. The molecule has 0 radical (unpaired) electrons. The van der Waals surface area contributed by atoms with Gasteiger partial charge >= 0.3 is 0 Å². The molecule has 0 aliphatic rings. The monoisotopic (exact) mass is 284 g/mol. The number of nitrogens with one attached hydrogen (secondary N) is 1. The van der Waals surface area contributed by atoms with Crippen molar-refractivity contribution in [2.75, 3.05) is 19.0 Å². The van der Waals surface area contributed by atoms with E-state index in [2.05, 4.69) is 15.4 Å². The van der Waals surface area contributed by atoms with Crippen molar-refractivity contribution in [2.24, 2.45) is 7.05 Å². The number of benzene rings is 1. The Morgan fingerprint density at radius 2 is 2.24 bits per heavy atom. The van der Waals surface area contributed by atoms with Crippen LogP contribution in [0.5, 0.6) is 0 Å². The minimum Gasteiger partial charge on any atom is -0.375 e. The lowest BCUT2D eigenvalue weighted by molar-refractivity contribution is -0.119. The van der Waals surface area contributed by atoms with Crippen molar-refractivity contribution in [3.63, 3.8) is 0 Å². The fourth-order valence-corrected chi connectivity index (χ4v) is 2.40. The van der Waals surface area contributed by atoms with Crippen LogP contribution >= 0.6 is 0 Å². The van der Waals surface area contributed by atoms with Crippen LogP contribution in [0.15, 0.2) is 24.3 Å². The third-order valence-electron chi connectivity index (χ3n) is 3.37. The van der Waals surface area contributed by atoms with Crippen LogP contribution in [0, 0.1) is 6.92 Å². The Kier molecular flexibility index (Phi) is 3.31. The first-order chi connectivity index (χ1) is 10.1. The first kappa shape index (κ1) is 13.5. The van der Waals surface area contributed by atoms with E-state index in [0.29, 0.717) is 5.82 Å². The predicted octanol–water partition coefficient (Wildman–Crippen LogP) is 2.01. The number of pyridine rings is 1. The first-order valence-corrected chi connectivity index (χ1v) is 6.62. The van der Waals surface area contributed by atoms with Crippen molar-refractivity contribution in [3.05, 3.63) is 29.8 Å². The number of carbonyl (C=O) groups is 1. The minimum atomic E-state index is -0.234. The van der Waals surface area contributed by atoms with Crippen molar-refractivity contribution in [3.8, 4) is 0 Å². The molecule has 1 N–H and O–H groups in total. The number of rotatable bonds is 3. The Labute approximate surface area is 121 Å². The highest BCUT2D eigenvalue weighted by molar-refractivity contribution is 6.03. The van der Waals surface area contributed by atoms with E-state index in [1.165, 1.54) is 7.11 Å². The quantitative estimate of drug-likeness (QED) is 0.799. The number of hydrogen-bond donors (Lipinski definition) is 1. The minimum absolute atomic E-state index is 0.00180. The smallest absolute Gasteiger partial charge is 0.251 e. The van der Waals surface area contributed by atoms with Crippen LogP contribution in [-0.4, -0.2) is 34.4 Å². The van der Waals surface area contributed by atoms with Crippen molar-refractivity contribution >= 4 is 33.7 Å². The number of ether oxygens (including phenoxy) is 1. The molecule has 21 heavy (non-hydrogen) atoms. The highest BCUT2D eigenvalue weighted by atomic mass is 16.5. The molecule has 6 nitrogen and oxygen atoms in total. The molecule has 1 aromatic carbocycles. The van der Waals surface area contributed by atoms with Gasteiger partial charge in [-0.05, 0) is 18.6 Å². The van der Waals surface area contributed by atoms with Gasteiger partial charge in [0.2, 0.25) is 0 Å². The number of para-hydroxylation sites is 1. The lowest BCUT2D eigenvalue weighted by Gasteiger charge is -2.03. The SMILES string of the molecule is COCC(=O)Nc1nn(C)c2nc3c(C)cccc3cc12. The summed E-state index contributed by atoms with van der Waals surface area (Å²) in [7, 11) is 3.29. The maximum atomic E-state index is 11.7. The van der Waals surface area contributed by atoms with Gasteiger partial charge in [-0.25, -0.2) is 9.67 Å². The van der Waals surface area contributed by atoms with Gasteiger partial charge in [-0.2, -0.15) is 5.10 Å². The molecule has 6 heteroatoms. The molecular weight excluding hydrogens is 268 g/mol. The molecule has 0 aliphatic carbocycles. The van der Waals surface area contributed by atoms with Gasteiger partial charge in [-0.1, -0.05) is 18.2 Å². The Bertz CT molecular complexity index is 838. The zero-order chi connectivity index (χ0) is 15.0. The summed E-state index contributed by atoms with van der Waals surface area (Å²) in [5.74, 6) is 0.271. The summed E-state index contributed by atoms with van der Waals surface area (Å²) in [4.78, 5) is 16.3. The number of anilines is 1. The van der Waals surface area contributed by atoms with E-state index in [1.54, 1.807) is 4.68 Å². The number of carbonyl (C=O) groups excluding carboxylic acids is 1. The maximum absolute atomic E-state index is 11.7. The lowest BCUT2D eigenvalue weighted by atomic mass is 10.1. The van der Waals surface area contributed by atoms with Gasteiger partial charge < -0.3 is 10.1 Å². The van der Waals surface area contributed by atoms with Gasteiger partial charge in [0, 0.05) is 19.5 Å². The molecule has 2 heterocycles. The third kappa shape index (κ3) is 2.34. The van der Waals surface area contributed by atoms with Gasteiger partial charge in [0.1, 0.15) is 6.61 Å². The van der Waals surface area contributed by atoms with Crippen LogP contribution < -0.4 is 5.32 Å². The molecule has 0 aliphatic heterocycles. The van der Waals surface area contributed by atoms with Crippen LogP contribution in [0.25, 0.3) is 21.9 Å². The third-order valence-corrected chi connectivity index (χ3v) is 3.37. The van der Waals surface area contributed by atoms with Gasteiger partial charge in [0.05, 0.1) is 10.9 Å². The molecule has 3 rings (SSSR count). The molecule has 0 bridgehead atoms. The Morgan fingerprint density at radius 3 is 3.00 bits per heavy atom. The number of amides is 1. The molecule has 0 atom stereocenters. The lowest BCUT2D eigenvalue weighted by Crippen LogP contribution is -2.17. The second kappa shape index (κ2) is 5.14. The van der Waals surface area contributed by atoms with E-state index in [9.17, 15) is 4.79 Å². The first-order valence-electron chi connectivity index (χ1n) is 6.62. The second-order valence-corrected chi connectivity index (χ2v) is 4.96. The van der Waals surface area contributed by atoms with Crippen LogP contribution in [0.1, 0.15) is 5.56 Å². The molecule has 0 saturated carbocycles. The molecule has 0 fully saturated rings. The summed E-state index contributed by atoms with van der Waals surface area (Å²) in [6.07, 6.45) is 0. The second-order valence-electron chi connectivity index (χ2n) is 4.96. The van der Waals surface area contributed by atoms with E-state index in [1.807, 2.05) is 38.2 Å². The summed E-state index contributed by atoms with van der Waals surface area (Å²) in [5, 5.41) is 8.93. The Morgan fingerprint density at radius 1 is 1.43 bits per heavy atom. The highest BCUT2D eigenvalue weighted by Gasteiger charge is 2.14. The number of hydrogen-bond acceptors (Lipinski definition) is 4. The van der Waals surface area contributed by atoms with Crippen molar-refractivity contribution in [2.45, 2.75) is 6.92 Å². The summed E-state index contributed by atoms with van der Waals surface area (Å²) in [6.45, 7) is 2.02. The molecule has 3 aromatic rings. The Balaban J connectivity index is 2.17. The Hall–Kier alpha value is -2.47. The molecule has 0 unspecified atom stereocenters. The zero-order valence-corrected chi connectivity index (χ0v) is 12.2. The number of fused-ring (bicyclic) bond motifs is 2. The fraction of sp³-hybridized carbons (Fsp3) is 0.267. The molecule has 0 spiro atoms. The topological polar surface area (TPSA) is 69.0 Å². The van der Waals surface area contributed by atoms with Crippen molar-refractivity contribution < 1.29 is 9.53 Å². The van der Waals surface area contributed by atoms with Crippen LogP contribution in [-0.2, 0) is 16.6 Å². The van der Waals surface area contributed by atoms with E-state index in [4.69, 9.17) is 4.74 Å². The molecule has 0 saturated heterocycles. The number of aryl methyl sites for hydroxylation is 2. The molecule has 108 valence electrons. The summed E-state index contributed by atoms with van der Waals surface area (Å²) in [6, 6.07) is 8.02. The maximum Gasteiger partial charge on any atom is 0.251 e. The number of nitrogens with zero attached hydrogens (tertiary/aromatic N) is 3. The summed E-state index contributed by atoms with van der Waals surface area (Å²) >= 11 is 0. The number of aromatic nitrogens is 3. The fourth-order valence-electron chi connectivity index (χ4n) is 2.40. The average molecular weight is 284 g/mol. The number of methoxy groups -OCH3 is 1. The van der Waals surface area contributed by atoms with Gasteiger partial charge in [0.25, 0.3) is 5.91 Å². The summed E-state index contributed by atoms with van der Waals surface area (Å²) < 4.78 is 6.49. The summed E-state index contributed by atoms with van der Waals surface area (Å²) in [5.41, 5.74) is 2.80. The van der Waals surface area contributed by atoms with E-state index in [0.717, 1.165) is 27.5 Å². The van der Waals surface area contributed by atoms with Crippen LogP contribution in [0.2, 0.25) is 0 Å². The predicted molar refractivity (Wildman–Crippen MR) is 81.3 cm³/mol. The van der Waals surface area contributed by atoms with Gasteiger partial charge in [0.15, 0.2) is 11.5 Å².